The Hall–Kier alpha value is -1.90. The van der Waals surface area contributed by atoms with E-state index >= 15 is 0 Å². The molecule has 2 aromatic carbocycles. The number of halogens is 3. The van der Waals surface area contributed by atoms with E-state index in [1.165, 1.54) is 12.1 Å². The fourth-order valence-corrected chi connectivity index (χ4v) is 2.32. The van der Waals surface area contributed by atoms with Crippen LogP contribution in [0.25, 0.3) is 0 Å². The minimum Gasteiger partial charge on any atom is -0.481 e. The third kappa shape index (κ3) is 5.34. The summed E-state index contributed by atoms with van der Waals surface area (Å²) in [7, 11) is 0. The van der Waals surface area contributed by atoms with Gasteiger partial charge in [0.05, 0.1) is 5.69 Å². The van der Waals surface area contributed by atoms with Crippen LogP contribution in [0.2, 0.25) is 0 Å². The first kappa shape index (κ1) is 17.5. The number of nitrogens with one attached hydrogen (secondary N) is 1. The predicted octanol–water partition coefficient (Wildman–Crippen LogP) is 4.30. The van der Waals surface area contributed by atoms with E-state index in [4.69, 9.17) is 4.74 Å². The number of alkyl halides is 2. The molecule has 7 heteroatoms. The average molecular weight is 433 g/mol. The Kier molecular flexibility index (Phi) is 6.14. The Morgan fingerprint density at radius 1 is 1.13 bits per heavy atom. The highest BCUT2D eigenvalue weighted by atomic mass is 127. The lowest BCUT2D eigenvalue weighted by Gasteiger charge is -2.16. The van der Waals surface area contributed by atoms with Crippen LogP contribution in [0.4, 0.5) is 14.5 Å². The topological polar surface area (TPSA) is 47.6 Å². The molecule has 0 aliphatic carbocycles. The molecule has 0 spiro atoms. The summed E-state index contributed by atoms with van der Waals surface area (Å²) in [6.07, 6.45) is -0.798. The van der Waals surface area contributed by atoms with E-state index < -0.39 is 18.6 Å². The van der Waals surface area contributed by atoms with Gasteiger partial charge in [0.1, 0.15) is 11.5 Å². The van der Waals surface area contributed by atoms with Crippen LogP contribution >= 0.6 is 22.6 Å². The fraction of sp³-hybridized carbons (Fsp3) is 0.188. The zero-order chi connectivity index (χ0) is 16.8. The first-order chi connectivity index (χ1) is 11.0. The molecule has 0 saturated heterocycles. The molecule has 0 aromatic heterocycles. The van der Waals surface area contributed by atoms with Gasteiger partial charge in [-0.2, -0.15) is 8.78 Å². The highest BCUT2D eigenvalue weighted by Gasteiger charge is 2.17. The van der Waals surface area contributed by atoms with E-state index in [-0.39, 0.29) is 11.4 Å². The molecule has 2 aromatic rings. The first-order valence-electron chi connectivity index (χ1n) is 6.72. The maximum absolute atomic E-state index is 12.4. The van der Waals surface area contributed by atoms with Gasteiger partial charge in [-0.15, -0.1) is 0 Å². The third-order valence-corrected chi connectivity index (χ3v) is 3.51. The quantitative estimate of drug-likeness (QED) is 0.692. The van der Waals surface area contributed by atoms with Crippen LogP contribution in [0.15, 0.2) is 48.5 Å². The van der Waals surface area contributed by atoms with Crippen molar-refractivity contribution in [2.45, 2.75) is 19.6 Å². The zero-order valence-electron chi connectivity index (χ0n) is 12.1. The van der Waals surface area contributed by atoms with Crippen LogP contribution in [0.1, 0.15) is 6.92 Å². The highest BCUT2D eigenvalue weighted by molar-refractivity contribution is 14.1. The Morgan fingerprint density at radius 3 is 2.57 bits per heavy atom. The Morgan fingerprint density at radius 2 is 1.87 bits per heavy atom. The van der Waals surface area contributed by atoms with E-state index in [1.54, 1.807) is 31.2 Å². The van der Waals surface area contributed by atoms with E-state index in [0.29, 0.717) is 5.75 Å². The minimum atomic E-state index is -2.96. The Bertz CT molecular complexity index is 682. The molecule has 0 fully saturated rings. The van der Waals surface area contributed by atoms with Gasteiger partial charge >= 0.3 is 6.61 Å². The molecule has 0 bridgehead atoms. The summed E-state index contributed by atoms with van der Waals surface area (Å²) in [5.74, 6) is -0.0110. The van der Waals surface area contributed by atoms with Crippen LogP contribution in [0.3, 0.4) is 0 Å². The number of hydrogen-bond acceptors (Lipinski definition) is 3. The molecule has 1 amide bonds. The van der Waals surface area contributed by atoms with Gasteiger partial charge in [0.2, 0.25) is 0 Å². The van der Waals surface area contributed by atoms with Gasteiger partial charge in [0, 0.05) is 3.57 Å². The molecule has 4 nitrogen and oxygen atoms in total. The lowest BCUT2D eigenvalue weighted by molar-refractivity contribution is -0.122. The minimum absolute atomic E-state index is 0.0997. The van der Waals surface area contributed by atoms with Crippen LogP contribution in [-0.2, 0) is 4.79 Å². The normalized spacial score (nSPS) is 11.9. The molecule has 0 saturated carbocycles. The summed E-state index contributed by atoms with van der Waals surface area (Å²) in [5, 5.41) is 2.53. The van der Waals surface area contributed by atoms with Gasteiger partial charge in [0.25, 0.3) is 5.91 Å². The number of ether oxygens (including phenoxy) is 2. The van der Waals surface area contributed by atoms with E-state index in [2.05, 4.69) is 32.6 Å². The molecule has 122 valence electrons. The van der Waals surface area contributed by atoms with Crippen LogP contribution in [0.5, 0.6) is 11.5 Å². The smallest absolute Gasteiger partial charge is 0.387 e. The number of benzene rings is 2. The molecule has 1 atom stereocenters. The summed E-state index contributed by atoms with van der Waals surface area (Å²) in [4.78, 5) is 12.2. The molecule has 1 unspecified atom stereocenters. The van der Waals surface area contributed by atoms with E-state index in [0.717, 1.165) is 3.57 Å². The molecule has 0 aliphatic rings. The van der Waals surface area contributed by atoms with Crippen molar-refractivity contribution in [1.82, 2.24) is 0 Å². The van der Waals surface area contributed by atoms with Crippen LogP contribution < -0.4 is 14.8 Å². The van der Waals surface area contributed by atoms with Crippen molar-refractivity contribution in [1.29, 1.82) is 0 Å². The first-order valence-corrected chi connectivity index (χ1v) is 7.80. The summed E-state index contributed by atoms with van der Waals surface area (Å²) >= 11 is 2.14. The molecule has 23 heavy (non-hydrogen) atoms. The summed E-state index contributed by atoms with van der Waals surface area (Å²) in [6.45, 7) is -1.39. The number of hydrogen-bond donors (Lipinski definition) is 1. The zero-order valence-corrected chi connectivity index (χ0v) is 14.3. The second-order valence-corrected chi connectivity index (χ2v) is 5.83. The van der Waals surface area contributed by atoms with Gasteiger partial charge in [-0.3, -0.25) is 4.79 Å². The van der Waals surface area contributed by atoms with Crippen molar-refractivity contribution in [2.75, 3.05) is 5.32 Å². The van der Waals surface area contributed by atoms with Crippen molar-refractivity contribution < 1.29 is 23.0 Å². The van der Waals surface area contributed by atoms with Gasteiger partial charge < -0.3 is 14.8 Å². The second-order valence-electron chi connectivity index (χ2n) is 4.58. The largest absolute Gasteiger partial charge is 0.481 e. The molecule has 0 radical (unpaired) electrons. The molecule has 0 aliphatic heterocycles. The fourth-order valence-electron chi connectivity index (χ4n) is 1.80. The summed E-state index contributed by atoms with van der Waals surface area (Å²) < 4.78 is 35.6. The van der Waals surface area contributed by atoms with Gasteiger partial charge in [-0.25, -0.2) is 0 Å². The number of para-hydroxylation sites is 2. The number of carbonyl (C=O) groups excluding carboxylic acids is 1. The van der Waals surface area contributed by atoms with Crippen molar-refractivity contribution >= 4 is 34.2 Å². The molecule has 2 rings (SSSR count). The van der Waals surface area contributed by atoms with E-state index in [9.17, 15) is 13.6 Å². The summed E-state index contributed by atoms with van der Waals surface area (Å²) in [6, 6.07) is 13.2. The maximum atomic E-state index is 12.4. The van der Waals surface area contributed by atoms with Gasteiger partial charge in [-0.1, -0.05) is 18.2 Å². The van der Waals surface area contributed by atoms with Crippen molar-refractivity contribution in [3.63, 3.8) is 0 Å². The number of carbonyl (C=O) groups is 1. The summed E-state index contributed by atoms with van der Waals surface area (Å²) in [5.41, 5.74) is 0.163. The van der Waals surface area contributed by atoms with Crippen LogP contribution in [0, 0.1) is 3.57 Å². The lowest BCUT2D eigenvalue weighted by Crippen LogP contribution is -2.30. The molecular weight excluding hydrogens is 419 g/mol. The number of amides is 1. The average Bonchev–Trinajstić information content (AvgIpc) is 2.48. The van der Waals surface area contributed by atoms with Crippen molar-refractivity contribution in [3.8, 4) is 11.5 Å². The van der Waals surface area contributed by atoms with Gasteiger partial charge in [0.15, 0.2) is 6.10 Å². The van der Waals surface area contributed by atoms with Crippen molar-refractivity contribution in [3.05, 3.63) is 52.1 Å². The monoisotopic (exact) mass is 433 g/mol. The highest BCUT2D eigenvalue weighted by Crippen LogP contribution is 2.26. The number of anilines is 1. The lowest BCUT2D eigenvalue weighted by atomic mass is 10.2. The van der Waals surface area contributed by atoms with Gasteiger partial charge in [-0.05, 0) is 59.8 Å². The Labute approximate surface area is 145 Å². The SMILES string of the molecule is CC(Oc1cccc(I)c1)C(=O)Nc1ccccc1OC(F)F. The standard InChI is InChI=1S/C16H14F2INO3/c1-10(22-12-6-4-5-11(19)9-12)15(21)20-13-7-2-3-8-14(13)23-16(17)18/h2-10,16H,1H3,(H,20,21). The second kappa shape index (κ2) is 8.09. The molecule has 1 N–H and O–H groups in total. The van der Waals surface area contributed by atoms with Crippen molar-refractivity contribution in [2.24, 2.45) is 0 Å². The number of rotatable bonds is 6. The Balaban J connectivity index is 2.04. The molecular formula is C16H14F2INO3. The maximum Gasteiger partial charge on any atom is 0.387 e. The van der Waals surface area contributed by atoms with Crippen LogP contribution in [-0.4, -0.2) is 18.6 Å². The van der Waals surface area contributed by atoms with E-state index in [1.807, 2.05) is 12.1 Å². The third-order valence-electron chi connectivity index (χ3n) is 2.84. The molecule has 0 heterocycles. The predicted molar refractivity (Wildman–Crippen MR) is 91.0 cm³/mol.